The van der Waals surface area contributed by atoms with E-state index < -0.39 is 0 Å². The summed E-state index contributed by atoms with van der Waals surface area (Å²) in [4.78, 5) is 15.2. The molecular weight excluding hydrogens is 425 g/mol. The minimum Gasteiger partial charge on any atom is -0.485 e. The minimum absolute atomic E-state index is 0. The lowest BCUT2D eigenvalue weighted by Crippen LogP contribution is -2.38. The van der Waals surface area contributed by atoms with Gasteiger partial charge in [-0.3, -0.25) is 9.69 Å². The van der Waals surface area contributed by atoms with Crippen LogP contribution in [0.25, 0.3) is 0 Å². The third-order valence-electron chi connectivity index (χ3n) is 5.55. The van der Waals surface area contributed by atoms with Gasteiger partial charge in [-0.25, -0.2) is 0 Å². The summed E-state index contributed by atoms with van der Waals surface area (Å²) in [5.41, 5.74) is 7.98. The molecular formula is C22H27Cl2N3O3. The fourth-order valence-electron chi connectivity index (χ4n) is 3.89. The van der Waals surface area contributed by atoms with Gasteiger partial charge in [0.2, 0.25) is 0 Å². The van der Waals surface area contributed by atoms with Gasteiger partial charge in [0.1, 0.15) is 13.2 Å². The van der Waals surface area contributed by atoms with E-state index in [0.717, 1.165) is 32.5 Å². The van der Waals surface area contributed by atoms with Crippen molar-refractivity contribution < 1.29 is 14.3 Å². The number of nitrogens with one attached hydrogen (secondary N) is 1. The third kappa shape index (κ3) is 5.12. The highest BCUT2D eigenvalue weighted by molar-refractivity contribution is 6.34. The number of carbonyl (C=O) groups is 1. The predicted molar refractivity (Wildman–Crippen MR) is 121 cm³/mol. The van der Waals surface area contributed by atoms with Crippen LogP contribution in [0.3, 0.4) is 0 Å². The van der Waals surface area contributed by atoms with E-state index in [9.17, 15) is 4.79 Å². The fourth-order valence-corrected chi connectivity index (χ4v) is 4.08. The van der Waals surface area contributed by atoms with E-state index in [0.29, 0.717) is 53.4 Å². The predicted octanol–water partition coefficient (Wildman–Crippen LogP) is 3.76. The van der Waals surface area contributed by atoms with Gasteiger partial charge in [-0.15, -0.1) is 12.4 Å². The summed E-state index contributed by atoms with van der Waals surface area (Å²) in [5.74, 6) is 1.00. The van der Waals surface area contributed by atoms with Crippen molar-refractivity contribution in [2.75, 3.05) is 38.6 Å². The van der Waals surface area contributed by atoms with E-state index >= 15 is 0 Å². The molecule has 3 N–H and O–H groups in total. The smallest absolute Gasteiger partial charge is 0.255 e. The number of anilines is 1. The number of ether oxygens (including phenoxy) is 2. The maximum Gasteiger partial charge on any atom is 0.255 e. The van der Waals surface area contributed by atoms with Gasteiger partial charge in [-0.1, -0.05) is 41.9 Å². The van der Waals surface area contributed by atoms with Crippen LogP contribution in [0.2, 0.25) is 5.02 Å². The highest BCUT2D eigenvalue weighted by atomic mass is 35.5. The topological polar surface area (TPSA) is 76.8 Å². The summed E-state index contributed by atoms with van der Waals surface area (Å²) < 4.78 is 11.2. The molecule has 4 rings (SSSR count). The molecule has 0 aliphatic carbocycles. The number of hydrogen-bond donors (Lipinski definition) is 2. The van der Waals surface area contributed by atoms with Crippen molar-refractivity contribution in [1.29, 1.82) is 0 Å². The Morgan fingerprint density at radius 3 is 2.50 bits per heavy atom. The van der Waals surface area contributed by atoms with Gasteiger partial charge >= 0.3 is 0 Å². The Morgan fingerprint density at radius 1 is 1.13 bits per heavy atom. The van der Waals surface area contributed by atoms with Crippen LogP contribution in [0.1, 0.15) is 28.8 Å². The molecule has 2 aliphatic rings. The summed E-state index contributed by atoms with van der Waals surface area (Å²) in [6, 6.07) is 12.1. The number of fused-ring (bicyclic) bond motifs is 1. The summed E-state index contributed by atoms with van der Waals surface area (Å²) in [6.07, 6.45) is 2.13. The van der Waals surface area contributed by atoms with Gasteiger partial charge in [0.15, 0.2) is 11.5 Å². The summed E-state index contributed by atoms with van der Waals surface area (Å²) >= 11 is 6.18. The molecule has 1 fully saturated rings. The molecule has 0 saturated carbocycles. The number of nitrogens with two attached hydrogens (primary N) is 1. The number of benzene rings is 2. The number of halogens is 2. The van der Waals surface area contributed by atoms with E-state index in [1.165, 1.54) is 5.56 Å². The number of likely N-dealkylation sites (tertiary alicyclic amines) is 1. The summed E-state index contributed by atoms with van der Waals surface area (Å²) in [7, 11) is 0. The molecule has 6 nitrogen and oxygen atoms in total. The number of carbonyl (C=O) groups excluding carboxylic acids is 1. The van der Waals surface area contributed by atoms with Crippen molar-refractivity contribution in [2.45, 2.75) is 19.4 Å². The van der Waals surface area contributed by atoms with Gasteiger partial charge in [0.25, 0.3) is 5.91 Å². The van der Waals surface area contributed by atoms with Gasteiger partial charge in [-0.2, -0.15) is 0 Å². The van der Waals surface area contributed by atoms with Crippen LogP contribution in [0.15, 0.2) is 36.4 Å². The zero-order chi connectivity index (χ0) is 20.2. The maximum absolute atomic E-state index is 12.8. The highest BCUT2D eigenvalue weighted by Crippen LogP contribution is 2.43. The van der Waals surface area contributed by atoms with Crippen molar-refractivity contribution >= 4 is 35.6 Å². The van der Waals surface area contributed by atoms with Crippen molar-refractivity contribution in [3.05, 3.63) is 52.5 Å². The van der Waals surface area contributed by atoms with E-state index in [4.69, 9.17) is 26.8 Å². The number of hydrogen-bond acceptors (Lipinski definition) is 5. The second-order valence-electron chi connectivity index (χ2n) is 7.59. The molecule has 2 heterocycles. The van der Waals surface area contributed by atoms with E-state index in [1.807, 2.05) is 6.07 Å². The molecule has 0 unspecified atom stereocenters. The molecule has 0 atom stereocenters. The SMILES string of the molecule is Cl.Nc1c(Cl)cc(C(=O)NCC2CCN(Cc3ccccc3)CC2)c2c1OCCO2. The average molecular weight is 452 g/mol. The van der Waals surface area contributed by atoms with Crippen molar-refractivity contribution in [3.63, 3.8) is 0 Å². The Hall–Kier alpha value is -2.15. The van der Waals surface area contributed by atoms with Gasteiger partial charge < -0.3 is 20.5 Å². The van der Waals surface area contributed by atoms with Crippen LogP contribution in [-0.4, -0.2) is 43.7 Å². The van der Waals surface area contributed by atoms with Gasteiger partial charge in [0.05, 0.1) is 16.3 Å². The molecule has 8 heteroatoms. The number of piperidine rings is 1. The summed E-state index contributed by atoms with van der Waals surface area (Å²) in [6.45, 7) is 4.46. The number of rotatable bonds is 5. The van der Waals surface area contributed by atoms with Crippen LogP contribution >= 0.6 is 24.0 Å². The Labute approximate surface area is 188 Å². The first-order valence-electron chi connectivity index (χ1n) is 10.0. The molecule has 0 radical (unpaired) electrons. The van der Waals surface area contributed by atoms with E-state index in [2.05, 4.69) is 34.5 Å². The molecule has 1 amide bonds. The fraction of sp³-hybridized carbons (Fsp3) is 0.409. The first-order chi connectivity index (χ1) is 14.1. The second-order valence-corrected chi connectivity index (χ2v) is 8.00. The largest absolute Gasteiger partial charge is 0.485 e. The monoisotopic (exact) mass is 451 g/mol. The first kappa shape index (κ1) is 22.5. The number of amides is 1. The van der Waals surface area contributed by atoms with E-state index in [1.54, 1.807) is 6.07 Å². The molecule has 0 spiro atoms. The molecule has 2 aromatic carbocycles. The molecule has 0 bridgehead atoms. The number of nitrogens with zero attached hydrogens (tertiary/aromatic N) is 1. The lowest BCUT2D eigenvalue weighted by Gasteiger charge is -2.32. The van der Waals surface area contributed by atoms with Crippen molar-refractivity contribution in [1.82, 2.24) is 10.2 Å². The van der Waals surface area contributed by atoms with Crippen molar-refractivity contribution in [3.8, 4) is 11.5 Å². The lowest BCUT2D eigenvalue weighted by molar-refractivity contribution is 0.0924. The Kier molecular flexibility index (Phi) is 7.69. The van der Waals surface area contributed by atoms with Crippen LogP contribution < -0.4 is 20.5 Å². The van der Waals surface area contributed by atoms with Gasteiger partial charge in [-0.05, 0) is 43.5 Å². The quantitative estimate of drug-likeness (QED) is 0.676. The molecule has 2 aliphatic heterocycles. The maximum atomic E-state index is 12.8. The average Bonchev–Trinajstić information content (AvgIpc) is 2.76. The Balaban J connectivity index is 0.00000256. The van der Waals surface area contributed by atoms with Crippen LogP contribution in [-0.2, 0) is 6.54 Å². The third-order valence-corrected chi connectivity index (χ3v) is 5.86. The molecule has 2 aromatic rings. The highest BCUT2D eigenvalue weighted by Gasteiger charge is 2.26. The standard InChI is InChI=1S/C22H26ClN3O3.ClH/c23-18-12-17(20-21(19(18)24)29-11-10-28-20)22(27)25-13-15-6-8-26(9-7-15)14-16-4-2-1-3-5-16;/h1-5,12,15H,6-11,13-14,24H2,(H,25,27);1H. The molecule has 30 heavy (non-hydrogen) atoms. The van der Waals surface area contributed by atoms with Crippen molar-refractivity contribution in [2.24, 2.45) is 5.92 Å². The zero-order valence-electron chi connectivity index (χ0n) is 16.7. The number of nitrogen functional groups attached to an aromatic ring is 1. The lowest BCUT2D eigenvalue weighted by atomic mass is 9.96. The minimum atomic E-state index is -0.208. The Morgan fingerprint density at radius 2 is 1.80 bits per heavy atom. The first-order valence-corrected chi connectivity index (χ1v) is 10.4. The second kappa shape index (κ2) is 10.2. The molecule has 1 saturated heterocycles. The normalized spacial score (nSPS) is 16.6. The van der Waals surface area contributed by atoms with Crippen LogP contribution in [0.5, 0.6) is 11.5 Å². The van der Waals surface area contributed by atoms with Gasteiger partial charge in [0, 0.05) is 13.1 Å². The zero-order valence-corrected chi connectivity index (χ0v) is 18.3. The Bertz CT molecular complexity index is 872. The summed E-state index contributed by atoms with van der Waals surface area (Å²) in [5, 5.41) is 3.34. The molecule has 0 aromatic heterocycles. The van der Waals surface area contributed by atoms with Crippen LogP contribution in [0.4, 0.5) is 5.69 Å². The van der Waals surface area contributed by atoms with Crippen LogP contribution in [0, 0.1) is 5.92 Å². The molecule has 162 valence electrons. The van der Waals surface area contributed by atoms with E-state index in [-0.39, 0.29) is 18.3 Å².